The lowest BCUT2D eigenvalue weighted by atomic mass is 10.2. The monoisotopic (exact) mass is 210 g/mol. The second-order valence-corrected chi connectivity index (χ2v) is 2.06. The van der Waals surface area contributed by atoms with Crippen molar-refractivity contribution in [3.63, 3.8) is 0 Å². The Balaban J connectivity index is 3.68. The van der Waals surface area contributed by atoms with Crippen molar-refractivity contribution >= 4 is 27.5 Å². The Bertz CT molecular complexity index is 384. The highest BCUT2D eigenvalue weighted by atomic mass is 79.9. The van der Waals surface area contributed by atoms with Crippen LogP contribution in [-0.2, 0) is 5.28 Å². The van der Waals surface area contributed by atoms with Crippen molar-refractivity contribution in [3.8, 4) is 0 Å². The molecule has 2 heteroatoms. The van der Waals surface area contributed by atoms with Gasteiger partial charge in [0, 0.05) is 13.0 Å². The van der Waals surface area contributed by atoms with E-state index in [1.54, 1.807) is 0 Å². The van der Waals surface area contributed by atoms with Gasteiger partial charge in [0.1, 0.15) is 0 Å². The summed E-state index contributed by atoms with van der Waals surface area (Å²) in [7, 11) is 0. The van der Waals surface area contributed by atoms with E-state index in [4.69, 9.17) is 19.8 Å². The van der Waals surface area contributed by atoms with Gasteiger partial charge in [-0.1, -0.05) is 39.6 Å². The molecular formula is C7H6BrCl. The molecule has 0 bridgehead atoms. The van der Waals surface area contributed by atoms with Gasteiger partial charge < -0.3 is 0 Å². The Morgan fingerprint density at radius 2 is 2.11 bits per heavy atom. The van der Waals surface area contributed by atoms with E-state index >= 15 is 0 Å². The molecule has 0 heterocycles. The summed E-state index contributed by atoms with van der Waals surface area (Å²) in [5.41, 5.74) is -0.345. The number of rotatable bonds is 1. The van der Waals surface area contributed by atoms with E-state index in [-0.39, 0.29) is 10.6 Å². The molecule has 0 spiro atoms. The van der Waals surface area contributed by atoms with Crippen molar-refractivity contribution in [2.24, 2.45) is 0 Å². The minimum absolute atomic E-state index is 0.300. The predicted octanol–water partition coefficient (Wildman–Crippen LogP) is 3.23. The van der Waals surface area contributed by atoms with E-state index in [1.807, 2.05) is 0 Å². The molecule has 0 saturated heterocycles. The summed E-state index contributed by atoms with van der Waals surface area (Å²) in [5.74, 6) is 0. The first kappa shape index (κ1) is 2.55. The van der Waals surface area contributed by atoms with E-state index in [0.717, 1.165) is 0 Å². The molecule has 9 heavy (non-hydrogen) atoms. The van der Waals surface area contributed by atoms with E-state index < -0.39 is 29.5 Å². The fraction of sp³-hybridized carbons (Fsp3) is 0.143. The zero-order valence-corrected chi connectivity index (χ0v) is 6.60. The normalized spacial score (nSPS) is 20.7. The lowest BCUT2D eigenvalue weighted by Gasteiger charge is -1.92. The van der Waals surface area contributed by atoms with E-state index in [1.165, 1.54) is 0 Å². The highest BCUT2D eigenvalue weighted by Crippen LogP contribution is 2.11. The number of hydrogen-bond donors (Lipinski definition) is 0. The third-order valence-corrected chi connectivity index (χ3v) is 1.27. The maximum Gasteiger partial charge on any atom is 0.0639 e. The molecule has 0 aliphatic heterocycles. The molecule has 0 atom stereocenters. The molecule has 0 nitrogen and oxygen atoms in total. The van der Waals surface area contributed by atoms with E-state index in [9.17, 15) is 0 Å². The van der Waals surface area contributed by atoms with Crippen LogP contribution in [0.4, 0.5) is 0 Å². The maximum atomic E-state index is 7.48. The van der Waals surface area contributed by atoms with Crippen LogP contribution in [0, 0.1) is 0 Å². The smallest absolute Gasteiger partial charge is 0.0639 e. The first-order chi connectivity index (χ1) is 6.68. The topological polar surface area (TPSA) is 0 Å². The maximum absolute atomic E-state index is 7.48. The van der Waals surface area contributed by atoms with Crippen molar-refractivity contribution in [2.75, 3.05) is 0 Å². The SMILES string of the molecule is [2H]c1c([2H])c(C([2H])([2H])Br)c([2H])c([2H])c1Cl. The third kappa shape index (κ3) is 1.99. The molecule has 0 aromatic heterocycles. The molecule has 0 saturated carbocycles. The standard InChI is InChI=1S/C7H6BrCl/c8-5-6-1-3-7(9)4-2-6/h1-4H,5H2/i1D,2D,3D,4D,5D2. The Morgan fingerprint density at radius 3 is 2.56 bits per heavy atom. The van der Waals surface area contributed by atoms with Crippen LogP contribution in [0.2, 0.25) is 5.02 Å². The lowest BCUT2D eigenvalue weighted by Crippen LogP contribution is -1.72. The third-order valence-electron chi connectivity index (χ3n) is 0.689. The molecule has 1 rings (SSSR count). The first-order valence-corrected chi connectivity index (χ1v) is 3.30. The molecule has 0 radical (unpaired) electrons. The Morgan fingerprint density at radius 1 is 1.56 bits per heavy atom. The van der Waals surface area contributed by atoms with Gasteiger partial charge in [0.15, 0.2) is 0 Å². The summed E-state index contributed by atoms with van der Waals surface area (Å²) in [6.07, 6.45) is 0. The summed E-state index contributed by atoms with van der Waals surface area (Å²) in [5, 5.41) is -2.41. The Kier molecular flexibility index (Phi) is 0.917. The minimum atomic E-state index is -2.11. The zero-order chi connectivity index (χ0) is 12.0. The van der Waals surface area contributed by atoms with Crippen molar-refractivity contribution in [1.82, 2.24) is 0 Å². The fourth-order valence-corrected chi connectivity index (χ4v) is 0.637. The number of hydrogen-bond acceptors (Lipinski definition) is 0. The van der Waals surface area contributed by atoms with Gasteiger partial charge in [0.05, 0.1) is 5.48 Å². The van der Waals surface area contributed by atoms with Gasteiger partial charge in [-0.3, -0.25) is 0 Å². The van der Waals surface area contributed by atoms with Crippen LogP contribution in [0.3, 0.4) is 0 Å². The van der Waals surface area contributed by atoms with Crippen LogP contribution in [0.25, 0.3) is 0 Å². The molecule has 0 aliphatic rings. The quantitative estimate of drug-likeness (QED) is 0.626. The van der Waals surface area contributed by atoms with Gasteiger partial charge in [-0.25, -0.2) is 0 Å². The highest BCUT2D eigenvalue weighted by molar-refractivity contribution is 9.08. The highest BCUT2D eigenvalue weighted by Gasteiger charge is 1.87. The predicted molar refractivity (Wildman–Crippen MR) is 44.1 cm³/mol. The molecule has 0 amide bonds. The van der Waals surface area contributed by atoms with Crippen LogP contribution >= 0.6 is 27.5 Å². The van der Waals surface area contributed by atoms with Gasteiger partial charge in [-0.05, 0) is 17.6 Å². The van der Waals surface area contributed by atoms with Crippen molar-refractivity contribution < 1.29 is 8.22 Å². The van der Waals surface area contributed by atoms with Crippen LogP contribution in [-0.4, -0.2) is 0 Å². The van der Waals surface area contributed by atoms with Crippen molar-refractivity contribution in [1.29, 1.82) is 0 Å². The zero-order valence-electron chi connectivity index (χ0n) is 10.3. The van der Waals surface area contributed by atoms with Gasteiger partial charge in [-0.15, -0.1) is 0 Å². The van der Waals surface area contributed by atoms with Crippen molar-refractivity contribution in [2.45, 2.75) is 5.28 Å². The summed E-state index contributed by atoms with van der Waals surface area (Å²) in [6.45, 7) is 0. The molecule has 1 aromatic carbocycles. The molecular weight excluding hydrogens is 199 g/mol. The molecule has 0 fully saturated rings. The van der Waals surface area contributed by atoms with Gasteiger partial charge in [0.2, 0.25) is 0 Å². The molecule has 0 aliphatic carbocycles. The van der Waals surface area contributed by atoms with Crippen molar-refractivity contribution in [3.05, 3.63) is 34.8 Å². The van der Waals surface area contributed by atoms with Crippen LogP contribution < -0.4 is 0 Å². The Hall–Kier alpha value is -0.0100. The summed E-state index contributed by atoms with van der Waals surface area (Å²) < 4.78 is 44.5. The number of alkyl halides is 1. The van der Waals surface area contributed by atoms with Gasteiger partial charge >= 0.3 is 0 Å². The van der Waals surface area contributed by atoms with Crippen LogP contribution in [0.15, 0.2) is 24.2 Å². The average molecular weight is 212 g/mol. The summed E-state index contributed by atoms with van der Waals surface area (Å²) in [6, 6.07) is -1.81. The van der Waals surface area contributed by atoms with E-state index in [2.05, 4.69) is 15.9 Å². The van der Waals surface area contributed by atoms with Gasteiger partial charge in [-0.2, -0.15) is 0 Å². The molecule has 48 valence electrons. The number of halogens is 2. The van der Waals surface area contributed by atoms with Crippen LogP contribution in [0.1, 0.15) is 13.8 Å². The minimum Gasteiger partial charge on any atom is -0.0876 e. The van der Waals surface area contributed by atoms with Crippen LogP contribution in [0.5, 0.6) is 0 Å². The number of benzene rings is 1. The lowest BCUT2D eigenvalue weighted by molar-refractivity contribution is 1.44. The molecule has 1 aromatic rings. The fourth-order valence-electron chi connectivity index (χ4n) is 0.344. The molecule has 0 N–H and O–H groups in total. The average Bonchev–Trinajstić information content (AvgIpc) is 2.09. The first-order valence-electron chi connectivity index (χ1n) is 5.13. The largest absolute Gasteiger partial charge is 0.0876 e. The summed E-state index contributed by atoms with van der Waals surface area (Å²) in [4.78, 5) is 0. The second-order valence-electron chi connectivity index (χ2n) is 1.28. The molecule has 0 unspecified atom stereocenters. The second kappa shape index (κ2) is 3.23. The van der Waals surface area contributed by atoms with E-state index in [0.29, 0.717) is 0 Å². The summed E-state index contributed by atoms with van der Waals surface area (Å²) >= 11 is 8.22. The Labute approximate surface area is 76.4 Å². The van der Waals surface area contributed by atoms with Gasteiger partial charge in [0.25, 0.3) is 0 Å².